The molecule has 0 aromatic carbocycles. The SMILES string of the molecule is CCC(CC)C(C)CCCC(O)C(C)(C)O. The van der Waals surface area contributed by atoms with Crippen LogP contribution >= 0.6 is 0 Å². The first-order valence-electron chi connectivity index (χ1n) is 6.73. The summed E-state index contributed by atoms with van der Waals surface area (Å²) in [5.74, 6) is 1.53. The van der Waals surface area contributed by atoms with Crippen molar-refractivity contribution in [3.8, 4) is 0 Å². The molecule has 16 heavy (non-hydrogen) atoms. The Morgan fingerprint density at radius 1 is 1.06 bits per heavy atom. The van der Waals surface area contributed by atoms with Crippen LogP contribution in [0.3, 0.4) is 0 Å². The largest absolute Gasteiger partial charge is 0.390 e. The molecule has 0 saturated heterocycles. The molecule has 0 bridgehead atoms. The molecule has 0 radical (unpaired) electrons. The van der Waals surface area contributed by atoms with Crippen molar-refractivity contribution in [1.29, 1.82) is 0 Å². The van der Waals surface area contributed by atoms with Crippen LogP contribution in [0, 0.1) is 11.8 Å². The van der Waals surface area contributed by atoms with Crippen molar-refractivity contribution < 1.29 is 10.2 Å². The highest BCUT2D eigenvalue weighted by Crippen LogP contribution is 2.25. The van der Waals surface area contributed by atoms with Crippen molar-refractivity contribution in [2.75, 3.05) is 0 Å². The zero-order valence-electron chi connectivity index (χ0n) is 11.7. The van der Waals surface area contributed by atoms with Crippen molar-refractivity contribution in [2.24, 2.45) is 11.8 Å². The van der Waals surface area contributed by atoms with Crippen LogP contribution in [-0.2, 0) is 0 Å². The number of aliphatic hydroxyl groups excluding tert-OH is 1. The Kier molecular flexibility index (Phi) is 7.25. The lowest BCUT2D eigenvalue weighted by atomic mass is 9.85. The predicted molar refractivity (Wildman–Crippen MR) is 69.4 cm³/mol. The van der Waals surface area contributed by atoms with Crippen LogP contribution < -0.4 is 0 Å². The Hall–Kier alpha value is -0.0800. The zero-order chi connectivity index (χ0) is 12.8. The molecule has 0 fully saturated rings. The van der Waals surface area contributed by atoms with Crippen molar-refractivity contribution in [3.05, 3.63) is 0 Å². The molecular formula is C14H30O2. The summed E-state index contributed by atoms with van der Waals surface area (Å²) in [4.78, 5) is 0. The molecule has 2 nitrogen and oxygen atoms in total. The molecule has 0 saturated carbocycles. The van der Waals surface area contributed by atoms with Gasteiger partial charge in [0.2, 0.25) is 0 Å². The molecule has 0 amide bonds. The van der Waals surface area contributed by atoms with Gasteiger partial charge in [-0.25, -0.2) is 0 Å². The summed E-state index contributed by atoms with van der Waals surface area (Å²) in [5.41, 5.74) is -0.960. The first-order valence-corrected chi connectivity index (χ1v) is 6.73. The minimum atomic E-state index is -0.960. The summed E-state index contributed by atoms with van der Waals surface area (Å²) < 4.78 is 0. The molecule has 2 unspecified atom stereocenters. The smallest absolute Gasteiger partial charge is 0.0849 e. The van der Waals surface area contributed by atoms with E-state index in [0.717, 1.165) is 24.7 Å². The van der Waals surface area contributed by atoms with Crippen LogP contribution in [0.2, 0.25) is 0 Å². The first kappa shape index (κ1) is 15.9. The van der Waals surface area contributed by atoms with Crippen molar-refractivity contribution in [2.45, 2.75) is 78.4 Å². The molecule has 0 aromatic rings. The summed E-state index contributed by atoms with van der Waals surface area (Å²) in [6.45, 7) is 10.1. The molecule has 0 aromatic heterocycles. The van der Waals surface area contributed by atoms with E-state index in [1.807, 2.05) is 0 Å². The third kappa shape index (κ3) is 5.86. The van der Waals surface area contributed by atoms with Gasteiger partial charge < -0.3 is 10.2 Å². The Morgan fingerprint density at radius 2 is 1.56 bits per heavy atom. The molecule has 2 atom stereocenters. The Bertz CT molecular complexity index is 168. The van der Waals surface area contributed by atoms with Gasteiger partial charge in [-0.2, -0.15) is 0 Å². The van der Waals surface area contributed by atoms with E-state index in [9.17, 15) is 10.2 Å². The van der Waals surface area contributed by atoms with E-state index < -0.39 is 11.7 Å². The number of aliphatic hydroxyl groups is 2. The maximum Gasteiger partial charge on any atom is 0.0849 e. The van der Waals surface area contributed by atoms with E-state index >= 15 is 0 Å². The predicted octanol–water partition coefficient (Wildman–Crippen LogP) is 3.36. The van der Waals surface area contributed by atoms with Crippen LogP contribution in [0.25, 0.3) is 0 Å². The van der Waals surface area contributed by atoms with E-state index in [2.05, 4.69) is 20.8 Å². The summed E-state index contributed by atoms with van der Waals surface area (Å²) in [6.07, 6.45) is 4.75. The van der Waals surface area contributed by atoms with Crippen LogP contribution in [-0.4, -0.2) is 21.9 Å². The molecule has 2 N–H and O–H groups in total. The minimum absolute atomic E-state index is 0.596. The quantitative estimate of drug-likeness (QED) is 0.671. The minimum Gasteiger partial charge on any atom is -0.390 e. The highest BCUT2D eigenvalue weighted by molar-refractivity contribution is 4.76. The lowest BCUT2D eigenvalue weighted by molar-refractivity contribution is -0.0526. The fraction of sp³-hybridized carbons (Fsp3) is 1.00. The van der Waals surface area contributed by atoms with Crippen molar-refractivity contribution >= 4 is 0 Å². The summed E-state index contributed by atoms with van der Waals surface area (Å²) in [7, 11) is 0. The number of hydrogen-bond donors (Lipinski definition) is 2. The van der Waals surface area contributed by atoms with Gasteiger partial charge in [-0.3, -0.25) is 0 Å². The average Bonchev–Trinajstić information content (AvgIpc) is 2.18. The Morgan fingerprint density at radius 3 is 1.94 bits per heavy atom. The van der Waals surface area contributed by atoms with Gasteiger partial charge in [-0.1, -0.05) is 46.5 Å². The van der Waals surface area contributed by atoms with Gasteiger partial charge in [0.05, 0.1) is 11.7 Å². The van der Waals surface area contributed by atoms with Gasteiger partial charge in [0.25, 0.3) is 0 Å². The topological polar surface area (TPSA) is 40.5 Å². The molecule has 98 valence electrons. The normalized spacial score (nSPS) is 16.5. The molecule has 0 heterocycles. The highest BCUT2D eigenvalue weighted by atomic mass is 16.3. The Balaban J connectivity index is 3.81. The first-order chi connectivity index (χ1) is 7.32. The average molecular weight is 230 g/mol. The third-order valence-electron chi connectivity index (χ3n) is 3.81. The second-order valence-electron chi connectivity index (χ2n) is 5.65. The molecule has 0 aliphatic heterocycles. The monoisotopic (exact) mass is 230 g/mol. The van der Waals surface area contributed by atoms with Crippen LogP contribution in [0.1, 0.15) is 66.7 Å². The maximum absolute atomic E-state index is 9.70. The van der Waals surface area contributed by atoms with Crippen molar-refractivity contribution in [3.63, 3.8) is 0 Å². The number of hydrogen-bond acceptors (Lipinski definition) is 2. The van der Waals surface area contributed by atoms with Crippen LogP contribution in [0.15, 0.2) is 0 Å². The fourth-order valence-electron chi connectivity index (χ4n) is 2.32. The van der Waals surface area contributed by atoms with Gasteiger partial charge in [0, 0.05) is 0 Å². The van der Waals surface area contributed by atoms with Gasteiger partial charge in [-0.15, -0.1) is 0 Å². The summed E-state index contributed by atoms with van der Waals surface area (Å²) in [6, 6.07) is 0. The van der Waals surface area contributed by atoms with Crippen molar-refractivity contribution in [1.82, 2.24) is 0 Å². The van der Waals surface area contributed by atoms with Gasteiger partial charge >= 0.3 is 0 Å². The second-order valence-corrected chi connectivity index (χ2v) is 5.65. The highest BCUT2D eigenvalue weighted by Gasteiger charge is 2.24. The van der Waals surface area contributed by atoms with E-state index in [-0.39, 0.29) is 0 Å². The molecule has 0 rings (SSSR count). The Labute approximate surface area is 101 Å². The van der Waals surface area contributed by atoms with Gasteiger partial charge in [-0.05, 0) is 32.1 Å². The lowest BCUT2D eigenvalue weighted by Gasteiger charge is -2.26. The lowest BCUT2D eigenvalue weighted by Crippen LogP contribution is -2.35. The van der Waals surface area contributed by atoms with E-state index in [1.165, 1.54) is 12.8 Å². The van der Waals surface area contributed by atoms with E-state index in [1.54, 1.807) is 13.8 Å². The maximum atomic E-state index is 9.70. The summed E-state index contributed by atoms with van der Waals surface area (Å²) in [5, 5.41) is 19.3. The standard InChI is InChI=1S/C14H30O2/c1-6-12(7-2)11(3)9-8-10-13(15)14(4,5)16/h11-13,15-16H,6-10H2,1-5H3. The van der Waals surface area contributed by atoms with E-state index in [0.29, 0.717) is 6.42 Å². The molecule has 0 aliphatic carbocycles. The molecular weight excluding hydrogens is 200 g/mol. The molecule has 2 heteroatoms. The van der Waals surface area contributed by atoms with Crippen LogP contribution in [0.5, 0.6) is 0 Å². The molecule has 0 spiro atoms. The second kappa shape index (κ2) is 7.29. The zero-order valence-corrected chi connectivity index (χ0v) is 11.7. The summed E-state index contributed by atoms with van der Waals surface area (Å²) >= 11 is 0. The fourth-order valence-corrected chi connectivity index (χ4v) is 2.32. The van der Waals surface area contributed by atoms with Gasteiger partial charge in [0.1, 0.15) is 0 Å². The molecule has 0 aliphatic rings. The third-order valence-corrected chi connectivity index (χ3v) is 3.81. The van der Waals surface area contributed by atoms with Gasteiger partial charge in [0.15, 0.2) is 0 Å². The number of rotatable bonds is 8. The van der Waals surface area contributed by atoms with Crippen LogP contribution in [0.4, 0.5) is 0 Å². The van der Waals surface area contributed by atoms with E-state index in [4.69, 9.17) is 0 Å².